The maximum absolute atomic E-state index is 13.2. The number of anilines is 2. The van der Waals surface area contributed by atoms with Crippen molar-refractivity contribution in [2.24, 2.45) is 5.92 Å². The first kappa shape index (κ1) is 22.1. The number of ether oxygens (including phenoxy) is 1. The molecule has 0 spiro atoms. The molecule has 8 nitrogen and oxygen atoms in total. The Kier molecular flexibility index (Phi) is 6.09. The maximum Gasteiger partial charge on any atom is 0.265 e. The molecule has 1 amide bonds. The summed E-state index contributed by atoms with van der Waals surface area (Å²) in [5.41, 5.74) is 1.20. The number of aryl methyl sites for hydroxylation is 1. The molecule has 2 aromatic carbocycles. The first-order chi connectivity index (χ1) is 14.1. The first-order valence-electron chi connectivity index (χ1n) is 9.55. The lowest BCUT2D eigenvalue weighted by molar-refractivity contribution is -0.119. The molecule has 1 N–H and O–H groups in total. The topological polar surface area (TPSA) is 110 Å². The number of hydrogen-bond acceptors (Lipinski definition) is 6. The standard InChI is InChI=1S/C20H24N2O6S2/c1-4-15-8-6-7-9-17(15)21-30(26,27)19-12-16(10-11-18(19)28-5-2)22-20(23)14(3)13-29(22,24)25/h6-12,14,21H,4-5,13H2,1-3H3. The van der Waals surface area contributed by atoms with Crippen molar-refractivity contribution in [3.8, 4) is 5.75 Å². The summed E-state index contributed by atoms with van der Waals surface area (Å²) in [6, 6.07) is 10.9. The number of hydrogen-bond donors (Lipinski definition) is 1. The van der Waals surface area contributed by atoms with Crippen LogP contribution in [0.25, 0.3) is 0 Å². The lowest BCUT2D eigenvalue weighted by Gasteiger charge is -2.19. The summed E-state index contributed by atoms with van der Waals surface area (Å²) in [7, 11) is -7.99. The van der Waals surface area contributed by atoms with Crippen LogP contribution in [0.5, 0.6) is 5.75 Å². The minimum absolute atomic E-state index is 0.0306. The second kappa shape index (κ2) is 8.27. The minimum Gasteiger partial charge on any atom is -0.492 e. The summed E-state index contributed by atoms with van der Waals surface area (Å²) in [6.45, 7) is 5.35. The Hall–Kier alpha value is -2.59. The number of sulfonamides is 2. The van der Waals surface area contributed by atoms with Crippen LogP contribution >= 0.6 is 0 Å². The largest absolute Gasteiger partial charge is 0.492 e. The van der Waals surface area contributed by atoms with Crippen molar-refractivity contribution >= 4 is 37.3 Å². The smallest absolute Gasteiger partial charge is 0.265 e. The van der Waals surface area contributed by atoms with E-state index in [-0.39, 0.29) is 28.7 Å². The molecule has 0 saturated carbocycles. The Morgan fingerprint density at radius 2 is 1.87 bits per heavy atom. The summed E-state index contributed by atoms with van der Waals surface area (Å²) in [4.78, 5) is 12.2. The molecule has 3 rings (SSSR count). The number of para-hydroxylation sites is 1. The van der Waals surface area contributed by atoms with Gasteiger partial charge in [-0.2, -0.15) is 0 Å². The van der Waals surface area contributed by atoms with Crippen LogP contribution < -0.4 is 13.8 Å². The van der Waals surface area contributed by atoms with Crippen LogP contribution in [0.4, 0.5) is 11.4 Å². The van der Waals surface area contributed by atoms with Crippen LogP contribution in [0.2, 0.25) is 0 Å². The molecule has 1 fully saturated rings. The molecule has 0 aromatic heterocycles. The molecule has 1 heterocycles. The van der Waals surface area contributed by atoms with Gasteiger partial charge in [0.2, 0.25) is 15.9 Å². The van der Waals surface area contributed by atoms with Crippen LogP contribution in [0, 0.1) is 5.92 Å². The molecule has 2 aromatic rings. The van der Waals surface area contributed by atoms with Crippen molar-refractivity contribution < 1.29 is 26.4 Å². The Balaban J connectivity index is 2.10. The van der Waals surface area contributed by atoms with Crippen LogP contribution in [-0.4, -0.2) is 35.1 Å². The fraction of sp³-hybridized carbons (Fsp3) is 0.350. The molecule has 1 aliphatic rings. The van der Waals surface area contributed by atoms with Crippen molar-refractivity contribution in [3.05, 3.63) is 48.0 Å². The molecule has 10 heteroatoms. The third-order valence-electron chi connectivity index (χ3n) is 4.75. The number of amides is 1. The van der Waals surface area contributed by atoms with Crippen molar-refractivity contribution in [3.63, 3.8) is 0 Å². The average molecular weight is 453 g/mol. The average Bonchev–Trinajstić information content (AvgIpc) is 2.89. The second-order valence-corrected chi connectivity index (χ2v) is 10.5. The lowest BCUT2D eigenvalue weighted by atomic mass is 10.1. The van der Waals surface area contributed by atoms with E-state index in [0.717, 1.165) is 11.6 Å². The highest BCUT2D eigenvalue weighted by Crippen LogP contribution is 2.35. The van der Waals surface area contributed by atoms with E-state index in [4.69, 9.17) is 4.74 Å². The molecule has 1 aliphatic heterocycles. The fourth-order valence-electron chi connectivity index (χ4n) is 3.32. The molecule has 1 saturated heterocycles. The predicted octanol–water partition coefficient (Wildman–Crippen LogP) is 2.76. The summed E-state index contributed by atoms with van der Waals surface area (Å²) in [5, 5.41) is 0. The lowest BCUT2D eigenvalue weighted by Crippen LogP contribution is -2.30. The van der Waals surface area contributed by atoms with E-state index in [0.29, 0.717) is 16.4 Å². The zero-order chi connectivity index (χ0) is 22.1. The van der Waals surface area contributed by atoms with E-state index in [1.54, 1.807) is 19.1 Å². The van der Waals surface area contributed by atoms with Crippen molar-refractivity contribution in [2.45, 2.75) is 32.1 Å². The van der Waals surface area contributed by atoms with E-state index >= 15 is 0 Å². The third kappa shape index (κ3) is 4.15. The number of rotatable bonds is 7. The number of carbonyl (C=O) groups is 1. The fourth-order valence-corrected chi connectivity index (χ4v) is 6.40. The molecular formula is C20H24N2O6S2. The van der Waals surface area contributed by atoms with Gasteiger partial charge in [0.05, 0.1) is 29.7 Å². The zero-order valence-corrected chi connectivity index (χ0v) is 18.6. The van der Waals surface area contributed by atoms with Crippen LogP contribution in [0.1, 0.15) is 26.3 Å². The zero-order valence-electron chi connectivity index (χ0n) is 17.0. The number of nitrogens with one attached hydrogen (secondary N) is 1. The molecule has 30 heavy (non-hydrogen) atoms. The van der Waals surface area contributed by atoms with Gasteiger partial charge in [0.15, 0.2) is 0 Å². The second-order valence-electron chi connectivity index (χ2n) is 6.96. The Morgan fingerprint density at radius 1 is 1.17 bits per heavy atom. The van der Waals surface area contributed by atoms with Gasteiger partial charge in [-0.15, -0.1) is 0 Å². The van der Waals surface area contributed by atoms with E-state index < -0.39 is 31.9 Å². The van der Waals surface area contributed by atoms with E-state index in [1.807, 2.05) is 19.1 Å². The van der Waals surface area contributed by atoms with E-state index in [2.05, 4.69) is 4.72 Å². The van der Waals surface area contributed by atoms with E-state index in [1.165, 1.54) is 19.1 Å². The molecular weight excluding hydrogens is 428 g/mol. The molecule has 0 bridgehead atoms. The normalized spacial score (nSPS) is 18.4. The highest BCUT2D eigenvalue weighted by atomic mass is 32.2. The first-order valence-corrected chi connectivity index (χ1v) is 12.6. The summed E-state index contributed by atoms with van der Waals surface area (Å²) in [6.07, 6.45) is 0.620. The van der Waals surface area contributed by atoms with Gasteiger partial charge in [0.25, 0.3) is 10.0 Å². The van der Waals surface area contributed by atoms with Crippen LogP contribution in [0.3, 0.4) is 0 Å². The monoisotopic (exact) mass is 452 g/mol. The molecule has 1 atom stereocenters. The Bertz CT molecular complexity index is 1180. The molecule has 0 radical (unpaired) electrons. The number of carbonyl (C=O) groups excluding carboxylic acids is 1. The number of benzene rings is 2. The van der Waals surface area contributed by atoms with Gasteiger partial charge < -0.3 is 4.74 Å². The van der Waals surface area contributed by atoms with Gasteiger partial charge in [0.1, 0.15) is 10.6 Å². The quantitative estimate of drug-likeness (QED) is 0.692. The minimum atomic E-state index is -4.13. The van der Waals surface area contributed by atoms with Crippen molar-refractivity contribution in [1.82, 2.24) is 0 Å². The van der Waals surface area contributed by atoms with Gasteiger partial charge in [-0.05, 0) is 43.2 Å². The van der Waals surface area contributed by atoms with Crippen molar-refractivity contribution in [1.29, 1.82) is 0 Å². The Morgan fingerprint density at radius 3 is 2.47 bits per heavy atom. The van der Waals surface area contributed by atoms with Crippen LogP contribution in [-0.2, 0) is 31.3 Å². The summed E-state index contributed by atoms with van der Waals surface area (Å²) < 4.78 is 60.0. The highest BCUT2D eigenvalue weighted by Gasteiger charge is 2.42. The van der Waals surface area contributed by atoms with Gasteiger partial charge in [-0.1, -0.05) is 32.0 Å². The summed E-state index contributed by atoms with van der Waals surface area (Å²) in [5.74, 6) is -1.54. The molecule has 0 aliphatic carbocycles. The SMILES string of the molecule is CCOc1ccc(N2C(=O)C(C)CS2(=O)=O)cc1S(=O)(=O)Nc1ccccc1CC. The maximum atomic E-state index is 13.2. The summed E-state index contributed by atoms with van der Waals surface area (Å²) >= 11 is 0. The molecule has 1 unspecified atom stereocenters. The van der Waals surface area contributed by atoms with Gasteiger partial charge in [0, 0.05) is 0 Å². The Labute approximate surface area is 177 Å². The molecule has 162 valence electrons. The van der Waals surface area contributed by atoms with Crippen LogP contribution in [0.15, 0.2) is 47.4 Å². The van der Waals surface area contributed by atoms with Gasteiger partial charge in [-0.3, -0.25) is 9.52 Å². The third-order valence-corrected chi connectivity index (χ3v) is 8.01. The highest BCUT2D eigenvalue weighted by molar-refractivity contribution is 7.94. The van der Waals surface area contributed by atoms with Gasteiger partial charge in [-0.25, -0.2) is 21.1 Å². The van der Waals surface area contributed by atoms with Gasteiger partial charge >= 0.3 is 0 Å². The van der Waals surface area contributed by atoms with E-state index in [9.17, 15) is 21.6 Å². The number of nitrogens with zero attached hydrogens (tertiary/aromatic N) is 1. The predicted molar refractivity (Wildman–Crippen MR) is 115 cm³/mol. The van der Waals surface area contributed by atoms with Crippen molar-refractivity contribution in [2.75, 3.05) is 21.4 Å².